The van der Waals surface area contributed by atoms with Gasteiger partial charge in [-0.05, 0) is 38.0 Å². The molecular formula is C17H20F2N4O2S. The van der Waals surface area contributed by atoms with Gasteiger partial charge in [-0.2, -0.15) is 0 Å². The fourth-order valence-electron chi connectivity index (χ4n) is 2.88. The Balaban J connectivity index is 1.70. The number of aryl methyl sites for hydroxylation is 1. The molecule has 0 amide bonds. The van der Waals surface area contributed by atoms with Crippen molar-refractivity contribution in [2.75, 3.05) is 18.0 Å². The van der Waals surface area contributed by atoms with E-state index in [-0.39, 0.29) is 12.1 Å². The molecule has 1 fully saturated rings. The summed E-state index contributed by atoms with van der Waals surface area (Å²) in [6.45, 7) is 3.55. The van der Waals surface area contributed by atoms with E-state index in [9.17, 15) is 17.2 Å². The molecule has 0 spiro atoms. The minimum atomic E-state index is -3.87. The topological polar surface area (TPSA) is 75.2 Å². The first-order chi connectivity index (χ1) is 12.3. The first kappa shape index (κ1) is 18.7. The molecule has 1 saturated heterocycles. The van der Waals surface area contributed by atoms with E-state index in [1.165, 1.54) is 0 Å². The summed E-state index contributed by atoms with van der Waals surface area (Å²) in [5.74, 6) is -0.981. The lowest BCUT2D eigenvalue weighted by molar-refractivity contribution is 0.568. The van der Waals surface area contributed by atoms with Crippen molar-refractivity contribution in [1.82, 2.24) is 14.7 Å². The standard InChI is InChI=1S/C17H20F2N4O2S/c1-12-8-17(23-6-2-3-7-23)22-16(21-12)10-20-26(24,25)11-13-9-14(18)4-5-15(13)19/h4-5,8-9,20H,2-3,6-7,10-11H2,1H3. The van der Waals surface area contributed by atoms with Crippen LogP contribution in [0, 0.1) is 18.6 Å². The fourth-order valence-corrected chi connectivity index (χ4v) is 3.97. The third-order valence-corrected chi connectivity index (χ3v) is 5.40. The Morgan fingerprint density at radius 2 is 1.88 bits per heavy atom. The van der Waals surface area contributed by atoms with E-state index in [2.05, 4.69) is 19.6 Å². The number of sulfonamides is 1. The average Bonchev–Trinajstić information content (AvgIpc) is 3.10. The van der Waals surface area contributed by atoms with Crippen LogP contribution in [0.2, 0.25) is 0 Å². The second kappa shape index (κ2) is 7.63. The van der Waals surface area contributed by atoms with Crippen molar-refractivity contribution in [3.63, 3.8) is 0 Å². The summed E-state index contributed by atoms with van der Waals surface area (Å²) >= 11 is 0. The number of nitrogens with zero attached hydrogens (tertiary/aromatic N) is 3. The van der Waals surface area contributed by atoms with Gasteiger partial charge in [-0.25, -0.2) is 31.9 Å². The molecule has 0 atom stereocenters. The SMILES string of the molecule is Cc1cc(N2CCCC2)nc(CNS(=O)(=O)Cc2cc(F)ccc2F)n1. The van der Waals surface area contributed by atoms with Crippen molar-refractivity contribution in [1.29, 1.82) is 0 Å². The van der Waals surface area contributed by atoms with Crippen molar-refractivity contribution in [3.8, 4) is 0 Å². The molecule has 1 N–H and O–H groups in total. The molecule has 26 heavy (non-hydrogen) atoms. The number of halogens is 2. The van der Waals surface area contributed by atoms with Gasteiger partial charge in [0.15, 0.2) is 0 Å². The Hall–Kier alpha value is -2.13. The van der Waals surface area contributed by atoms with Gasteiger partial charge in [0.25, 0.3) is 0 Å². The maximum atomic E-state index is 13.7. The Morgan fingerprint density at radius 1 is 1.15 bits per heavy atom. The molecule has 2 heterocycles. The van der Waals surface area contributed by atoms with Gasteiger partial charge in [-0.15, -0.1) is 0 Å². The van der Waals surface area contributed by atoms with Crippen LogP contribution in [-0.4, -0.2) is 31.5 Å². The van der Waals surface area contributed by atoms with Crippen LogP contribution < -0.4 is 9.62 Å². The second-order valence-electron chi connectivity index (χ2n) is 6.29. The molecule has 0 unspecified atom stereocenters. The van der Waals surface area contributed by atoms with Gasteiger partial charge < -0.3 is 4.90 Å². The lowest BCUT2D eigenvalue weighted by Crippen LogP contribution is -2.27. The van der Waals surface area contributed by atoms with Crippen LogP contribution in [-0.2, 0) is 22.3 Å². The molecule has 1 aromatic carbocycles. The Labute approximate surface area is 151 Å². The molecule has 2 aromatic rings. The number of rotatable bonds is 6. The van der Waals surface area contributed by atoms with Crippen LogP contribution in [0.4, 0.5) is 14.6 Å². The highest BCUT2D eigenvalue weighted by Gasteiger charge is 2.18. The quantitative estimate of drug-likeness (QED) is 0.830. The summed E-state index contributed by atoms with van der Waals surface area (Å²) in [6, 6.07) is 4.60. The Morgan fingerprint density at radius 3 is 2.62 bits per heavy atom. The summed E-state index contributed by atoms with van der Waals surface area (Å²) in [5.41, 5.74) is 0.521. The molecule has 0 radical (unpaired) electrons. The normalized spacial score (nSPS) is 14.8. The lowest BCUT2D eigenvalue weighted by Gasteiger charge is -2.17. The van der Waals surface area contributed by atoms with E-state index in [4.69, 9.17) is 0 Å². The zero-order valence-electron chi connectivity index (χ0n) is 14.4. The summed E-state index contributed by atoms with van der Waals surface area (Å²) in [5, 5.41) is 0. The highest BCUT2D eigenvalue weighted by Crippen LogP contribution is 2.19. The molecule has 140 valence electrons. The molecule has 9 heteroatoms. The van der Waals surface area contributed by atoms with Crippen molar-refractivity contribution >= 4 is 15.8 Å². The van der Waals surface area contributed by atoms with Crippen LogP contribution in [0.3, 0.4) is 0 Å². The summed E-state index contributed by atoms with van der Waals surface area (Å²) < 4.78 is 53.6. The largest absolute Gasteiger partial charge is 0.357 e. The monoisotopic (exact) mass is 382 g/mol. The van der Waals surface area contributed by atoms with Gasteiger partial charge in [0.1, 0.15) is 23.3 Å². The number of hydrogen-bond acceptors (Lipinski definition) is 5. The number of hydrogen-bond donors (Lipinski definition) is 1. The first-order valence-corrected chi connectivity index (χ1v) is 9.98. The van der Waals surface area contributed by atoms with Gasteiger partial charge in [0.05, 0.1) is 12.3 Å². The maximum Gasteiger partial charge on any atom is 0.216 e. The predicted octanol–water partition coefficient (Wildman–Crippen LogP) is 2.28. The third kappa shape index (κ3) is 4.73. The molecule has 0 bridgehead atoms. The average molecular weight is 382 g/mol. The van der Waals surface area contributed by atoms with Gasteiger partial charge in [-0.3, -0.25) is 0 Å². The van der Waals surface area contributed by atoms with Crippen LogP contribution in [0.15, 0.2) is 24.3 Å². The van der Waals surface area contributed by atoms with E-state index in [1.54, 1.807) is 0 Å². The molecule has 1 aromatic heterocycles. The predicted molar refractivity (Wildman–Crippen MR) is 94.0 cm³/mol. The Kier molecular flexibility index (Phi) is 5.47. The van der Waals surface area contributed by atoms with Crippen molar-refractivity contribution in [2.45, 2.75) is 32.1 Å². The van der Waals surface area contributed by atoms with E-state index >= 15 is 0 Å². The first-order valence-electron chi connectivity index (χ1n) is 8.33. The van der Waals surface area contributed by atoms with Crippen LogP contribution >= 0.6 is 0 Å². The van der Waals surface area contributed by atoms with Gasteiger partial charge in [0.2, 0.25) is 10.0 Å². The van der Waals surface area contributed by atoms with E-state index < -0.39 is 27.4 Å². The zero-order valence-corrected chi connectivity index (χ0v) is 15.2. The van der Waals surface area contributed by atoms with Crippen LogP contribution in [0.1, 0.15) is 29.9 Å². The van der Waals surface area contributed by atoms with Crippen molar-refractivity contribution in [2.24, 2.45) is 0 Å². The van der Waals surface area contributed by atoms with Crippen molar-refractivity contribution < 1.29 is 17.2 Å². The lowest BCUT2D eigenvalue weighted by atomic mass is 10.2. The maximum absolute atomic E-state index is 13.7. The second-order valence-corrected chi connectivity index (χ2v) is 8.10. The number of anilines is 1. The molecule has 0 aliphatic carbocycles. The van der Waals surface area contributed by atoms with E-state index in [0.717, 1.165) is 55.6 Å². The number of nitrogens with one attached hydrogen (secondary N) is 1. The molecule has 0 saturated carbocycles. The molecule has 6 nitrogen and oxygen atoms in total. The summed E-state index contributed by atoms with van der Waals surface area (Å²) in [7, 11) is -3.87. The highest BCUT2D eigenvalue weighted by atomic mass is 32.2. The summed E-state index contributed by atoms with van der Waals surface area (Å²) in [6.07, 6.45) is 2.20. The van der Waals surface area contributed by atoms with Crippen LogP contribution in [0.25, 0.3) is 0 Å². The van der Waals surface area contributed by atoms with E-state index in [0.29, 0.717) is 5.82 Å². The molecule has 1 aliphatic rings. The van der Waals surface area contributed by atoms with Gasteiger partial charge in [0, 0.05) is 30.4 Å². The number of aromatic nitrogens is 2. The smallest absolute Gasteiger partial charge is 0.216 e. The molecular weight excluding hydrogens is 362 g/mol. The molecule has 1 aliphatic heterocycles. The number of benzene rings is 1. The zero-order chi connectivity index (χ0) is 18.7. The van der Waals surface area contributed by atoms with Crippen LogP contribution in [0.5, 0.6) is 0 Å². The molecule has 3 rings (SSSR count). The highest BCUT2D eigenvalue weighted by molar-refractivity contribution is 7.88. The van der Waals surface area contributed by atoms with E-state index in [1.807, 2.05) is 13.0 Å². The summed E-state index contributed by atoms with van der Waals surface area (Å²) in [4.78, 5) is 10.8. The minimum absolute atomic E-state index is 0.109. The third-order valence-electron chi connectivity index (χ3n) is 4.12. The Bertz CT molecular complexity index is 900. The minimum Gasteiger partial charge on any atom is -0.357 e. The fraction of sp³-hybridized carbons (Fsp3) is 0.412. The van der Waals surface area contributed by atoms with Gasteiger partial charge in [-0.1, -0.05) is 0 Å². The van der Waals surface area contributed by atoms with Gasteiger partial charge >= 0.3 is 0 Å². The van der Waals surface area contributed by atoms with Crippen molar-refractivity contribution in [3.05, 3.63) is 53.0 Å².